The van der Waals surface area contributed by atoms with Crippen LogP contribution in [0.5, 0.6) is 5.75 Å². The van der Waals surface area contributed by atoms with Crippen LogP contribution in [-0.4, -0.2) is 12.9 Å². The van der Waals surface area contributed by atoms with Crippen molar-refractivity contribution in [1.29, 1.82) is 5.41 Å². The Morgan fingerprint density at radius 2 is 1.96 bits per heavy atom. The van der Waals surface area contributed by atoms with Crippen LogP contribution in [0.3, 0.4) is 0 Å². The summed E-state index contributed by atoms with van der Waals surface area (Å²) in [5.74, 6) is 0.975. The molecule has 1 unspecified atom stereocenters. The van der Waals surface area contributed by atoms with E-state index in [1.807, 2.05) is 24.3 Å². The fraction of sp³-hybridized carbons (Fsp3) is 0.105. The number of furan rings is 1. The number of rotatable bonds is 3. The van der Waals surface area contributed by atoms with E-state index in [1.54, 1.807) is 24.1 Å². The summed E-state index contributed by atoms with van der Waals surface area (Å²) in [7, 11) is 1.60. The summed E-state index contributed by atoms with van der Waals surface area (Å²) in [6.45, 7) is 0. The fourth-order valence-corrected chi connectivity index (χ4v) is 3.16. The van der Waals surface area contributed by atoms with E-state index >= 15 is 0 Å². The third-order valence-electron chi connectivity index (χ3n) is 4.30. The lowest BCUT2D eigenvalue weighted by atomic mass is 10.1. The van der Waals surface area contributed by atoms with Crippen molar-refractivity contribution in [2.45, 2.75) is 6.17 Å². The molecule has 1 atom stereocenters. The average Bonchev–Trinajstić information content (AvgIpc) is 3.13. The van der Waals surface area contributed by atoms with Crippen molar-refractivity contribution in [3.8, 4) is 5.75 Å². The molecule has 5 nitrogen and oxygen atoms in total. The van der Waals surface area contributed by atoms with E-state index in [9.17, 15) is 4.39 Å². The number of nitrogens with zero attached hydrogens (tertiary/aromatic N) is 1. The van der Waals surface area contributed by atoms with Gasteiger partial charge in [0.15, 0.2) is 0 Å². The van der Waals surface area contributed by atoms with Gasteiger partial charge in [-0.25, -0.2) is 4.39 Å². The highest BCUT2D eigenvalue weighted by molar-refractivity contribution is 6.31. The molecule has 7 heteroatoms. The monoisotopic (exact) mass is 371 g/mol. The van der Waals surface area contributed by atoms with Crippen molar-refractivity contribution in [1.82, 2.24) is 0 Å². The number of benzene rings is 2. The highest BCUT2D eigenvalue weighted by Crippen LogP contribution is 2.38. The molecule has 2 N–H and O–H groups in total. The van der Waals surface area contributed by atoms with Gasteiger partial charge in [0.2, 0.25) is 5.88 Å². The minimum Gasteiger partial charge on any atom is -0.497 e. The van der Waals surface area contributed by atoms with E-state index in [-0.39, 0.29) is 10.9 Å². The topological polar surface area (TPSA) is 61.5 Å². The summed E-state index contributed by atoms with van der Waals surface area (Å²) in [5.41, 5.74) is 2.11. The fourth-order valence-electron chi connectivity index (χ4n) is 2.99. The minimum absolute atomic E-state index is 0.00164. The molecule has 132 valence electrons. The van der Waals surface area contributed by atoms with Crippen LogP contribution < -0.4 is 15.0 Å². The molecule has 0 fully saturated rings. The summed E-state index contributed by atoms with van der Waals surface area (Å²) < 4.78 is 24.3. The molecule has 4 rings (SSSR count). The van der Waals surface area contributed by atoms with Crippen LogP contribution in [0.4, 0.5) is 16.0 Å². The van der Waals surface area contributed by atoms with Crippen LogP contribution in [0.1, 0.15) is 17.3 Å². The number of hydrogen-bond donors (Lipinski definition) is 2. The van der Waals surface area contributed by atoms with Gasteiger partial charge in [-0.2, -0.15) is 0 Å². The van der Waals surface area contributed by atoms with E-state index < -0.39 is 12.0 Å². The van der Waals surface area contributed by atoms with Gasteiger partial charge in [0.1, 0.15) is 23.6 Å². The van der Waals surface area contributed by atoms with E-state index in [0.29, 0.717) is 17.1 Å². The first-order valence-electron chi connectivity index (χ1n) is 7.89. The van der Waals surface area contributed by atoms with Gasteiger partial charge in [0.25, 0.3) is 0 Å². The zero-order valence-electron chi connectivity index (χ0n) is 13.8. The lowest BCUT2D eigenvalue weighted by Crippen LogP contribution is -2.42. The lowest BCUT2D eigenvalue weighted by molar-refractivity contribution is 0.414. The predicted molar refractivity (Wildman–Crippen MR) is 98.8 cm³/mol. The summed E-state index contributed by atoms with van der Waals surface area (Å²) in [6, 6.07) is 13.6. The molecule has 2 heterocycles. The first kappa shape index (κ1) is 16.5. The van der Waals surface area contributed by atoms with Crippen molar-refractivity contribution in [2.24, 2.45) is 0 Å². The third kappa shape index (κ3) is 2.68. The van der Waals surface area contributed by atoms with Crippen molar-refractivity contribution >= 4 is 29.0 Å². The van der Waals surface area contributed by atoms with E-state index in [4.69, 9.17) is 26.2 Å². The van der Waals surface area contributed by atoms with Crippen molar-refractivity contribution in [3.63, 3.8) is 0 Å². The molecule has 1 aliphatic rings. The molecular formula is C19H15ClFN3O2. The maximum Gasteiger partial charge on any atom is 0.205 e. The Balaban J connectivity index is 1.82. The number of hydrogen-bond acceptors (Lipinski definition) is 4. The Morgan fingerprint density at radius 1 is 1.19 bits per heavy atom. The van der Waals surface area contributed by atoms with Crippen LogP contribution in [0.15, 0.2) is 59.2 Å². The number of ether oxygens (including phenoxy) is 1. The largest absolute Gasteiger partial charge is 0.497 e. The van der Waals surface area contributed by atoms with E-state index in [0.717, 1.165) is 11.3 Å². The van der Waals surface area contributed by atoms with Gasteiger partial charge in [-0.15, -0.1) is 0 Å². The van der Waals surface area contributed by atoms with Gasteiger partial charge in [-0.1, -0.05) is 23.7 Å². The lowest BCUT2D eigenvalue weighted by Gasteiger charge is -2.38. The van der Waals surface area contributed by atoms with Crippen LogP contribution in [0.2, 0.25) is 5.02 Å². The summed E-state index contributed by atoms with van der Waals surface area (Å²) in [4.78, 5) is 1.74. The number of amidine groups is 1. The van der Waals surface area contributed by atoms with Crippen molar-refractivity contribution < 1.29 is 13.5 Å². The molecule has 0 amide bonds. The second kappa shape index (κ2) is 6.38. The summed E-state index contributed by atoms with van der Waals surface area (Å²) >= 11 is 5.97. The molecule has 0 spiro atoms. The first-order chi connectivity index (χ1) is 12.6. The molecule has 0 aliphatic carbocycles. The molecule has 1 aliphatic heterocycles. The molecule has 26 heavy (non-hydrogen) atoms. The quantitative estimate of drug-likeness (QED) is 0.677. The smallest absolute Gasteiger partial charge is 0.205 e. The van der Waals surface area contributed by atoms with Gasteiger partial charge in [-0.05, 0) is 42.0 Å². The minimum atomic E-state index is -0.503. The van der Waals surface area contributed by atoms with Gasteiger partial charge >= 0.3 is 0 Å². The molecule has 2 aromatic carbocycles. The SMILES string of the molecule is COc1ccc(C2Nc3occc3C(=N)N2c2ccc(F)c(Cl)c2)cc1. The Bertz CT molecular complexity index is 971. The zero-order valence-corrected chi connectivity index (χ0v) is 14.5. The van der Waals surface area contributed by atoms with Crippen LogP contribution in [0.25, 0.3) is 0 Å². The Kier molecular flexibility index (Phi) is 4.05. The van der Waals surface area contributed by atoms with Crippen molar-refractivity contribution in [2.75, 3.05) is 17.3 Å². The number of anilines is 2. The molecule has 0 radical (unpaired) electrons. The van der Waals surface area contributed by atoms with Crippen LogP contribution in [-0.2, 0) is 0 Å². The molecule has 0 saturated heterocycles. The maximum atomic E-state index is 13.6. The Morgan fingerprint density at radius 3 is 2.65 bits per heavy atom. The Labute approximate surface area is 154 Å². The maximum absolute atomic E-state index is 13.6. The summed E-state index contributed by atoms with van der Waals surface area (Å²) in [6.07, 6.45) is 1.10. The standard InChI is InChI=1S/C19H15ClFN3O2/c1-25-13-5-2-11(3-6-13)18-23-19-14(8-9-26-19)17(22)24(18)12-4-7-16(21)15(20)10-12/h2-10,18,22-23H,1H3. The molecule has 1 aromatic heterocycles. The predicted octanol–water partition coefficient (Wildman–Crippen LogP) is 5.04. The first-order valence-corrected chi connectivity index (χ1v) is 8.27. The summed E-state index contributed by atoms with van der Waals surface area (Å²) in [5, 5.41) is 11.9. The normalized spacial score (nSPS) is 16.2. The van der Waals surface area contributed by atoms with Gasteiger partial charge in [0, 0.05) is 5.69 Å². The average molecular weight is 372 g/mol. The molecule has 0 saturated carbocycles. The number of nitrogens with one attached hydrogen (secondary N) is 2. The Hall–Kier alpha value is -2.99. The number of halogens is 2. The highest BCUT2D eigenvalue weighted by atomic mass is 35.5. The molecule has 3 aromatic rings. The highest BCUT2D eigenvalue weighted by Gasteiger charge is 2.33. The van der Waals surface area contributed by atoms with Gasteiger partial charge in [-0.3, -0.25) is 5.41 Å². The number of methoxy groups -OCH3 is 1. The third-order valence-corrected chi connectivity index (χ3v) is 4.59. The molecule has 0 bridgehead atoms. The zero-order chi connectivity index (χ0) is 18.3. The van der Waals surface area contributed by atoms with Crippen molar-refractivity contribution in [3.05, 3.63) is 76.8 Å². The van der Waals surface area contributed by atoms with E-state index in [2.05, 4.69) is 5.32 Å². The molecular weight excluding hydrogens is 357 g/mol. The number of fused-ring (bicyclic) bond motifs is 1. The van der Waals surface area contributed by atoms with Gasteiger partial charge in [0.05, 0.1) is 24.0 Å². The van der Waals surface area contributed by atoms with Gasteiger partial charge < -0.3 is 19.4 Å². The van der Waals surface area contributed by atoms with Crippen LogP contribution in [0, 0.1) is 11.2 Å². The van der Waals surface area contributed by atoms with Crippen LogP contribution >= 0.6 is 11.6 Å². The second-order valence-electron chi connectivity index (χ2n) is 5.80. The van der Waals surface area contributed by atoms with E-state index in [1.165, 1.54) is 18.4 Å². The second-order valence-corrected chi connectivity index (χ2v) is 6.21.